The van der Waals surface area contributed by atoms with E-state index < -0.39 is 0 Å². The van der Waals surface area contributed by atoms with Gasteiger partial charge in [0.05, 0.1) is 5.69 Å². The third-order valence-electron chi connectivity index (χ3n) is 4.19. The average Bonchev–Trinajstić information content (AvgIpc) is 3.09. The number of aromatic nitrogens is 4. The van der Waals surface area contributed by atoms with Crippen molar-refractivity contribution >= 4 is 0 Å². The summed E-state index contributed by atoms with van der Waals surface area (Å²) in [5.74, 6) is 0. The average molecular weight is 307 g/mol. The second kappa shape index (κ2) is 6.71. The van der Waals surface area contributed by atoms with Crippen LogP contribution in [0.1, 0.15) is 29.7 Å². The molecule has 3 rings (SSSR count). The number of hydrogen-bond acceptors (Lipinski definition) is 4. The van der Waals surface area contributed by atoms with Gasteiger partial charge in [-0.15, -0.1) is 0 Å². The molecule has 0 aliphatic carbocycles. The van der Waals surface area contributed by atoms with Crippen LogP contribution in [-0.2, 0) is 6.54 Å². The minimum atomic E-state index is 0.319. The summed E-state index contributed by atoms with van der Waals surface area (Å²) in [6.45, 7) is 5.19. The van der Waals surface area contributed by atoms with E-state index in [1.54, 1.807) is 17.3 Å². The molecule has 0 unspecified atom stereocenters. The van der Waals surface area contributed by atoms with Gasteiger partial charge < -0.3 is 0 Å². The van der Waals surface area contributed by atoms with E-state index in [1.807, 2.05) is 18.5 Å². The Morgan fingerprint density at radius 1 is 1.22 bits per heavy atom. The third-order valence-corrected chi connectivity index (χ3v) is 4.19. The quantitative estimate of drug-likeness (QED) is 0.726. The Kier molecular flexibility index (Phi) is 4.48. The highest BCUT2D eigenvalue weighted by atomic mass is 15.3. The number of aryl methyl sites for hydroxylation is 1. The Morgan fingerprint density at radius 2 is 2.09 bits per heavy atom. The summed E-state index contributed by atoms with van der Waals surface area (Å²) in [6.07, 6.45) is 7.01. The Bertz CT molecular complexity index is 752. The fourth-order valence-corrected chi connectivity index (χ4v) is 2.71. The maximum Gasteiger partial charge on any atom is 0.138 e. The van der Waals surface area contributed by atoms with Gasteiger partial charge in [0.1, 0.15) is 12.7 Å². The van der Waals surface area contributed by atoms with Crippen LogP contribution in [0.3, 0.4) is 0 Å². The molecule has 5 nitrogen and oxygen atoms in total. The molecule has 0 spiro atoms. The summed E-state index contributed by atoms with van der Waals surface area (Å²) in [5.41, 5.74) is 4.76. The van der Waals surface area contributed by atoms with Crippen molar-refractivity contribution in [3.8, 4) is 5.69 Å². The van der Waals surface area contributed by atoms with Crippen molar-refractivity contribution in [2.24, 2.45) is 0 Å². The van der Waals surface area contributed by atoms with Crippen LogP contribution in [0.4, 0.5) is 0 Å². The summed E-state index contributed by atoms with van der Waals surface area (Å²) in [7, 11) is 2.14. The molecule has 118 valence electrons. The second-order valence-electron chi connectivity index (χ2n) is 5.84. The van der Waals surface area contributed by atoms with Crippen molar-refractivity contribution < 1.29 is 0 Å². The number of nitrogens with zero attached hydrogens (tertiary/aromatic N) is 5. The molecule has 1 aromatic carbocycles. The second-order valence-corrected chi connectivity index (χ2v) is 5.84. The highest BCUT2D eigenvalue weighted by molar-refractivity contribution is 5.41. The van der Waals surface area contributed by atoms with Crippen molar-refractivity contribution in [3.63, 3.8) is 0 Å². The Labute approximate surface area is 136 Å². The lowest BCUT2D eigenvalue weighted by Gasteiger charge is -2.25. The lowest BCUT2D eigenvalue weighted by Crippen LogP contribution is -2.22. The van der Waals surface area contributed by atoms with Gasteiger partial charge in [-0.1, -0.05) is 18.2 Å². The molecule has 0 saturated carbocycles. The monoisotopic (exact) mass is 307 g/mol. The first-order valence-corrected chi connectivity index (χ1v) is 7.70. The van der Waals surface area contributed by atoms with Crippen LogP contribution in [0, 0.1) is 6.92 Å². The first-order valence-electron chi connectivity index (χ1n) is 7.70. The maximum absolute atomic E-state index is 4.21. The molecule has 2 heterocycles. The minimum absolute atomic E-state index is 0.319. The van der Waals surface area contributed by atoms with Gasteiger partial charge in [0.25, 0.3) is 0 Å². The first-order chi connectivity index (χ1) is 11.1. The van der Waals surface area contributed by atoms with Crippen LogP contribution >= 0.6 is 0 Å². The smallest absolute Gasteiger partial charge is 0.138 e. The highest BCUT2D eigenvalue weighted by Gasteiger charge is 2.12. The molecule has 23 heavy (non-hydrogen) atoms. The van der Waals surface area contributed by atoms with Gasteiger partial charge >= 0.3 is 0 Å². The van der Waals surface area contributed by atoms with Gasteiger partial charge in [0.2, 0.25) is 0 Å². The van der Waals surface area contributed by atoms with Crippen LogP contribution in [0.15, 0.2) is 55.4 Å². The van der Waals surface area contributed by atoms with Crippen molar-refractivity contribution in [3.05, 3.63) is 72.1 Å². The topological polar surface area (TPSA) is 46.8 Å². The zero-order valence-corrected chi connectivity index (χ0v) is 13.7. The molecular formula is C18H21N5. The number of rotatable bonds is 5. The van der Waals surface area contributed by atoms with E-state index in [0.29, 0.717) is 6.04 Å². The van der Waals surface area contributed by atoms with Crippen molar-refractivity contribution in [1.82, 2.24) is 24.6 Å². The van der Waals surface area contributed by atoms with E-state index in [2.05, 4.69) is 65.1 Å². The van der Waals surface area contributed by atoms with Gasteiger partial charge in [0, 0.05) is 25.0 Å². The van der Waals surface area contributed by atoms with Crippen LogP contribution in [0.2, 0.25) is 0 Å². The number of pyridine rings is 1. The fourth-order valence-electron chi connectivity index (χ4n) is 2.71. The molecule has 0 amide bonds. The molecular weight excluding hydrogens is 286 g/mol. The summed E-state index contributed by atoms with van der Waals surface area (Å²) in [4.78, 5) is 10.5. The van der Waals surface area contributed by atoms with Crippen molar-refractivity contribution in [2.45, 2.75) is 26.4 Å². The van der Waals surface area contributed by atoms with E-state index in [1.165, 1.54) is 16.7 Å². The molecule has 5 heteroatoms. The van der Waals surface area contributed by atoms with E-state index >= 15 is 0 Å². The maximum atomic E-state index is 4.21. The summed E-state index contributed by atoms with van der Waals surface area (Å²) in [5, 5.41) is 4.19. The van der Waals surface area contributed by atoms with E-state index in [9.17, 15) is 0 Å². The molecule has 0 aliphatic rings. The molecule has 0 radical (unpaired) electrons. The van der Waals surface area contributed by atoms with Crippen molar-refractivity contribution in [2.75, 3.05) is 7.05 Å². The first kappa shape index (κ1) is 15.4. The number of hydrogen-bond donors (Lipinski definition) is 0. The summed E-state index contributed by atoms with van der Waals surface area (Å²) >= 11 is 0. The molecule has 1 atom stereocenters. The van der Waals surface area contributed by atoms with E-state index in [4.69, 9.17) is 0 Å². The van der Waals surface area contributed by atoms with Crippen LogP contribution < -0.4 is 0 Å². The predicted octanol–water partition coefficient (Wildman–Crippen LogP) is 3.16. The molecule has 2 aromatic heterocycles. The van der Waals surface area contributed by atoms with Gasteiger partial charge in [-0.3, -0.25) is 9.88 Å². The zero-order valence-electron chi connectivity index (χ0n) is 13.7. The van der Waals surface area contributed by atoms with Gasteiger partial charge in [-0.25, -0.2) is 9.67 Å². The zero-order chi connectivity index (χ0) is 16.2. The lowest BCUT2D eigenvalue weighted by molar-refractivity contribution is 0.252. The SMILES string of the molecule is Cc1cc(CN(C)[C@@H](C)c2cccnc2)ccc1-n1cncn1. The van der Waals surface area contributed by atoms with Gasteiger partial charge in [-0.2, -0.15) is 5.10 Å². The largest absolute Gasteiger partial charge is 0.295 e. The third kappa shape index (κ3) is 3.46. The Hall–Kier alpha value is -2.53. The lowest BCUT2D eigenvalue weighted by atomic mass is 10.1. The summed E-state index contributed by atoms with van der Waals surface area (Å²) < 4.78 is 1.79. The minimum Gasteiger partial charge on any atom is -0.295 e. The molecule has 0 N–H and O–H groups in total. The van der Waals surface area contributed by atoms with Gasteiger partial charge in [-0.05, 0) is 49.7 Å². The Balaban J connectivity index is 1.74. The van der Waals surface area contributed by atoms with Crippen LogP contribution in [0.5, 0.6) is 0 Å². The highest BCUT2D eigenvalue weighted by Crippen LogP contribution is 2.21. The standard InChI is InChI=1S/C18H21N5/c1-14-9-16(6-7-18(14)23-13-20-12-21-23)11-22(3)15(2)17-5-4-8-19-10-17/h4-10,12-13,15H,11H2,1-3H3/t15-/m0/s1. The van der Waals surface area contributed by atoms with Gasteiger partial charge in [0.15, 0.2) is 0 Å². The fraction of sp³-hybridized carbons (Fsp3) is 0.278. The van der Waals surface area contributed by atoms with Crippen molar-refractivity contribution in [1.29, 1.82) is 0 Å². The molecule has 0 saturated heterocycles. The molecule has 0 aliphatic heterocycles. The Morgan fingerprint density at radius 3 is 2.74 bits per heavy atom. The molecule has 0 fully saturated rings. The van der Waals surface area contributed by atoms with Crippen LogP contribution in [0.25, 0.3) is 5.69 Å². The van der Waals surface area contributed by atoms with E-state index in [0.717, 1.165) is 12.2 Å². The van der Waals surface area contributed by atoms with E-state index in [-0.39, 0.29) is 0 Å². The predicted molar refractivity (Wildman–Crippen MR) is 90.2 cm³/mol. The normalized spacial score (nSPS) is 12.5. The molecule has 0 bridgehead atoms. The van der Waals surface area contributed by atoms with Crippen LogP contribution in [-0.4, -0.2) is 31.7 Å². The molecule has 3 aromatic rings. The summed E-state index contributed by atoms with van der Waals surface area (Å²) in [6, 6.07) is 10.9. The number of benzene rings is 1.